The van der Waals surface area contributed by atoms with Crippen LogP contribution in [-0.2, 0) is 10.0 Å². The SMILES string of the molecule is CCC(=O)c1cccc(S(=O)(=O)N2CCCCC2C(C)N)c1.Cl. The molecule has 0 aliphatic carbocycles. The van der Waals surface area contributed by atoms with E-state index in [9.17, 15) is 13.2 Å². The van der Waals surface area contributed by atoms with E-state index in [2.05, 4.69) is 0 Å². The molecule has 2 unspecified atom stereocenters. The van der Waals surface area contributed by atoms with Crippen molar-refractivity contribution in [3.8, 4) is 0 Å². The second-order valence-corrected chi connectivity index (χ2v) is 7.73. The van der Waals surface area contributed by atoms with Gasteiger partial charge in [0.05, 0.1) is 4.90 Å². The Labute approximate surface area is 144 Å². The van der Waals surface area contributed by atoms with Crippen LogP contribution in [0.15, 0.2) is 29.2 Å². The summed E-state index contributed by atoms with van der Waals surface area (Å²) >= 11 is 0. The molecule has 0 spiro atoms. The number of sulfonamides is 1. The molecule has 0 bridgehead atoms. The molecule has 7 heteroatoms. The molecule has 2 atom stereocenters. The summed E-state index contributed by atoms with van der Waals surface area (Å²) in [6, 6.07) is 5.92. The van der Waals surface area contributed by atoms with Crippen molar-refractivity contribution in [1.82, 2.24) is 4.31 Å². The normalized spacial score (nSPS) is 20.6. The maximum absolute atomic E-state index is 12.9. The fourth-order valence-corrected chi connectivity index (χ4v) is 4.74. The highest BCUT2D eigenvalue weighted by Gasteiger charge is 2.35. The van der Waals surface area contributed by atoms with Gasteiger partial charge < -0.3 is 5.73 Å². The minimum atomic E-state index is -3.62. The summed E-state index contributed by atoms with van der Waals surface area (Å²) in [6.07, 6.45) is 2.97. The van der Waals surface area contributed by atoms with Crippen LogP contribution in [0.1, 0.15) is 49.9 Å². The van der Waals surface area contributed by atoms with Crippen molar-refractivity contribution in [3.63, 3.8) is 0 Å². The van der Waals surface area contributed by atoms with E-state index < -0.39 is 10.0 Å². The fraction of sp³-hybridized carbons (Fsp3) is 0.562. The van der Waals surface area contributed by atoms with Crippen molar-refractivity contribution in [3.05, 3.63) is 29.8 Å². The lowest BCUT2D eigenvalue weighted by atomic mass is 10.00. The zero-order chi connectivity index (χ0) is 16.3. The fourth-order valence-electron chi connectivity index (χ4n) is 2.92. The first-order valence-electron chi connectivity index (χ1n) is 7.78. The molecular formula is C16H25ClN2O3S. The van der Waals surface area contributed by atoms with Gasteiger partial charge >= 0.3 is 0 Å². The summed E-state index contributed by atoms with van der Waals surface area (Å²) in [5.41, 5.74) is 6.41. The van der Waals surface area contributed by atoms with Gasteiger partial charge in [0.2, 0.25) is 10.0 Å². The molecule has 2 N–H and O–H groups in total. The number of hydrogen-bond acceptors (Lipinski definition) is 4. The number of ketones is 1. The Hall–Kier alpha value is -0.950. The predicted molar refractivity (Wildman–Crippen MR) is 93.5 cm³/mol. The van der Waals surface area contributed by atoms with Gasteiger partial charge in [-0.1, -0.05) is 25.5 Å². The number of rotatable bonds is 5. The summed E-state index contributed by atoms with van der Waals surface area (Å²) in [4.78, 5) is 12.0. The maximum atomic E-state index is 12.9. The summed E-state index contributed by atoms with van der Waals surface area (Å²) in [5, 5.41) is 0. The van der Waals surface area contributed by atoms with Gasteiger partial charge in [-0.3, -0.25) is 4.79 Å². The number of halogens is 1. The molecule has 23 heavy (non-hydrogen) atoms. The minimum Gasteiger partial charge on any atom is -0.326 e. The third kappa shape index (κ3) is 4.32. The lowest BCUT2D eigenvalue weighted by Crippen LogP contribution is -2.51. The van der Waals surface area contributed by atoms with Gasteiger partial charge in [-0.05, 0) is 31.9 Å². The van der Waals surface area contributed by atoms with Gasteiger partial charge in [0.15, 0.2) is 5.78 Å². The van der Waals surface area contributed by atoms with Gasteiger partial charge in [-0.15, -0.1) is 12.4 Å². The third-order valence-corrected chi connectivity index (χ3v) is 6.11. The van der Waals surface area contributed by atoms with Crippen LogP contribution in [0.3, 0.4) is 0 Å². The van der Waals surface area contributed by atoms with Gasteiger partial charge in [0.1, 0.15) is 0 Å². The quantitative estimate of drug-likeness (QED) is 0.818. The Morgan fingerprint density at radius 2 is 2.09 bits per heavy atom. The molecule has 1 saturated heterocycles. The number of piperidine rings is 1. The lowest BCUT2D eigenvalue weighted by molar-refractivity contribution is 0.0988. The summed E-state index contributed by atoms with van der Waals surface area (Å²) in [6.45, 7) is 4.09. The van der Waals surface area contributed by atoms with Crippen LogP contribution in [0.2, 0.25) is 0 Å². The van der Waals surface area contributed by atoms with E-state index in [0.29, 0.717) is 18.5 Å². The van der Waals surface area contributed by atoms with Gasteiger partial charge in [0.25, 0.3) is 0 Å². The molecule has 130 valence electrons. The van der Waals surface area contributed by atoms with Crippen LogP contribution >= 0.6 is 12.4 Å². The largest absolute Gasteiger partial charge is 0.326 e. The van der Waals surface area contributed by atoms with Crippen LogP contribution in [0.25, 0.3) is 0 Å². The zero-order valence-electron chi connectivity index (χ0n) is 13.6. The average molecular weight is 361 g/mol. The Bertz CT molecular complexity index is 646. The van der Waals surface area contributed by atoms with E-state index in [1.54, 1.807) is 25.1 Å². The molecule has 2 rings (SSSR count). The minimum absolute atomic E-state index is 0. The van der Waals surface area contributed by atoms with E-state index >= 15 is 0 Å². The second-order valence-electron chi connectivity index (χ2n) is 5.84. The number of benzene rings is 1. The Kier molecular flexibility index (Phi) is 7.20. The van der Waals surface area contributed by atoms with Crippen molar-refractivity contribution in [1.29, 1.82) is 0 Å². The number of nitrogens with two attached hydrogens (primary N) is 1. The second kappa shape index (κ2) is 8.24. The number of carbonyl (C=O) groups excluding carboxylic acids is 1. The van der Waals surface area contributed by atoms with Crippen LogP contribution in [0.4, 0.5) is 0 Å². The molecule has 1 heterocycles. The van der Waals surface area contributed by atoms with Gasteiger partial charge in [-0.2, -0.15) is 4.31 Å². The number of hydrogen-bond donors (Lipinski definition) is 1. The molecular weight excluding hydrogens is 336 g/mol. The first-order valence-corrected chi connectivity index (χ1v) is 9.22. The maximum Gasteiger partial charge on any atom is 0.243 e. The number of carbonyl (C=O) groups is 1. The summed E-state index contributed by atoms with van der Waals surface area (Å²) < 4.78 is 27.4. The summed E-state index contributed by atoms with van der Waals surface area (Å²) in [7, 11) is -3.62. The van der Waals surface area contributed by atoms with E-state index in [1.807, 2.05) is 6.92 Å². The molecule has 0 amide bonds. The molecule has 5 nitrogen and oxygen atoms in total. The Morgan fingerprint density at radius 1 is 1.39 bits per heavy atom. The molecule has 1 fully saturated rings. The van der Waals surface area contributed by atoms with Crippen LogP contribution in [-0.4, -0.2) is 37.1 Å². The monoisotopic (exact) mass is 360 g/mol. The molecule has 0 radical (unpaired) electrons. The van der Waals surface area contributed by atoms with E-state index in [-0.39, 0.29) is 35.2 Å². The molecule has 0 saturated carbocycles. The van der Waals surface area contributed by atoms with Gasteiger partial charge in [0, 0.05) is 30.6 Å². The first kappa shape index (κ1) is 20.1. The Morgan fingerprint density at radius 3 is 2.70 bits per heavy atom. The van der Waals surface area contributed by atoms with Crippen molar-refractivity contribution in [2.24, 2.45) is 5.73 Å². The van der Waals surface area contributed by atoms with Crippen LogP contribution < -0.4 is 5.73 Å². The van der Waals surface area contributed by atoms with E-state index in [1.165, 1.54) is 10.4 Å². The highest BCUT2D eigenvalue weighted by Crippen LogP contribution is 2.27. The molecule has 1 aromatic rings. The predicted octanol–water partition coefficient (Wildman–Crippen LogP) is 2.59. The van der Waals surface area contributed by atoms with Crippen molar-refractivity contribution < 1.29 is 13.2 Å². The number of Topliss-reactive ketones (excluding diaryl/α,β-unsaturated/α-hetero) is 1. The molecule has 1 aromatic carbocycles. The van der Waals surface area contributed by atoms with Crippen molar-refractivity contribution in [2.45, 2.75) is 56.5 Å². The standard InChI is InChI=1S/C16H24N2O3S.ClH/c1-3-16(19)13-7-6-8-14(11-13)22(20,21)18-10-5-4-9-15(18)12(2)17;/h6-8,11-12,15H,3-5,9-10,17H2,1-2H3;1H. The van der Waals surface area contributed by atoms with Gasteiger partial charge in [-0.25, -0.2) is 8.42 Å². The lowest BCUT2D eigenvalue weighted by Gasteiger charge is -2.36. The topological polar surface area (TPSA) is 80.5 Å². The highest BCUT2D eigenvalue weighted by atomic mass is 35.5. The van der Waals surface area contributed by atoms with E-state index in [0.717, 1.165) is 19.3 Å². The van der Waals surface area contributed by atoms with Crippen LogP contribution in [0.5, 0.6) is 0 Å². The molecule has 1 aliphatic heterocycles. The average Bonchev–Trinajstić information content (AvgIpc) is 2.54. The number of nitrogens with zero attached hydrogens (tertiary/aromatic N) is 1. The highest BCUT2D eigenvalue weighted by molar-refractivity contribution is 7.89. The smallest absolute Gasteiger partial charge is 0.243 e. The van der Waals surface area contributed by atoms with Crippen LogP contribution in [0, 0.1) is 0 Å². The molecule has 0 aromatic heterocycles. The first-order chi connectivity index (χ1) is 10.4. The van der Waals surface area contributed by atoms with E-state index in [4.69, 9.17) is 5.73 Å². The van der Waals surface area contributed by atoms with Crippen molar-refractivity contribution in [2.75, 3.05) is 6.54 Å². The summed E-state index contributed by atoms with van der Waals surface area (Å²) in [5.74, 6) is -0.0561. The third-order valence-electron chi connectivity index (χ3n) is 4.19. The molecule has 1 aliphatic rings. The Balaban J connectivity index is 0.00000264. The van der Waals surface area contributed by atoms with Crippen molar-refractivity contribution >= 4 is 28.2 Å². The zero-order valence-corrected chi connectivity index (χ0v) is 15.2.